The lowest BCUT2D eigenvalue weighted by Gasteiger charge is -2.20. The number of aromatic nitrogens is 4. The van der Waals surface area contributed by atoms with E-state index in [1.807, 2.05) is 77.4 Å². The molecule has 0 unspecified atom stereocenters. The zero-order valence-electron chi connectivity index (χ0n) is 22.6. The molecule has 5 rings (SSSR count). The number of rotatable bonds is 8. The van der Waals surface area contributed by atoms with E-state index in [-0.39, 0.29) is 11.8 Å². The summed E-state index contributed by atoms with van der Waals surface area (Å²) in [5, 5.41) is 7.23. The Morgan fingerprint density at radius 1 is 0.923 bits per heavy atom. The fourth-order valence-corrected chi connectivity index (χ4v) is 4.88. The van der Waals surface area contributed by atoms with Crippen LogP contribution in [0.3, 0.4) is 0 Å². The van der Waals surface area contributed by atoms with Crippen molar-refractivity contribution in [1.82, 2.24) is 29.1 Å². The van der Waals surface area contributed by atoms with Crippen LogP contribution in [0.4, 0.5) is 5.95 Å². The number of likely N-dealkylation sites (N-methyl/N-ethyl adjacent to an activating group) is 1. The molecule has 1 saturated heterocycles. The van der Waals surface area contributed by atoms with Crippen LogP contribution in [0.2, 0.25) is 0 Å². The van der Waals surface area contributed by atoms with Crippen LogP contribution in [0.25, 0.3) is 16.8 Å². The monoisotopic (exact) mass is 525 g/mol. The summed E-state index contributed by atoms with van der Waals surface area (Å²) in [5.74, 6) is 0.418. The summed E-state index contributed by atoms with van der Waals surface area (Å²) in [6.07, 6.45) is 8.50. The van der Waals surface area contributed by atoms with E-state index in [2.05, 4.69) is 22.4 Å². The van der Waals surface area contributed by atoms with Crippen LogP contribution in [-0.2, 0) is 18.3 Å². The molecule has 9 nitrogen and oxygen atoms in total. The van der Waals surface area contributed by atoms with E-state index in [4.69, 9.17) is 4.98 Å². The Kier molecular flexibility index (Phi) is 8.17. The van der Waals surface area contributed by atoms with Crippen molar-refractivity contribution >= 4 is 17.8 Å². The standard InChI is InChI=1S/C30H35N7O2/c1-34-15-8-16-36(18-17-34)28(38)14-7-11-26-22-37(27-12-4-3-5-13-27)30(32-26)33-29(39)24-10-6-9-23(19-24)25-20-31-35(2)21-25/h3-6,9-10,12-13,19-22H,7-8,11,14-18H2,1-2H3,(H,32,33,39). The van der Waals surface area contributed by atoms with Gasteiger partial charge in [0.15, 0.2) is 0 Å². The minimum atomic E-state index is -0.239. The maximum absolute atomic E-state index is 13.3. The molecule has 0 saturated carbocycles. The Labute approximate surface area is 229 Å². The summed E-state index contributed by atoms with van der Waals surface area (Å²) in [4.78, 5) is 35.1. The first-order valence-electron chi connectivity index (χ1n) is 13.5. The molecule has 1 aliphatic rings. The maximum atomic E-state index is 13.3. The molecule has 0 spiro atoms. The van der Waals surface area contributed by atoms with Crippen molar-refractivity contribution in [2.45, 2.75) is 25.7 Å². The first kappa shape index (κ1) is 26.4. The summed E-state index contributed by atoms with van der Waals surface area (Å²) >= 11 is 0. The van der Waals surface area contributed by atoms with E-state index >= 15 is 0 Å². The molecule has 4 aromatic rings. The molecule has 1 fully saturated rings. The second-order valence-electron chi connectivity index (χ2n) is 10.1. The van der Waals surface area contributed by atoms with E-state index in [0.717, 1.165) is 55.1 Å². The van der Waals surface area contributed by atoms with Crippen LogP contribution < -0.4 is 5.32 Å². The van der Waals surface area contributed by atoms with Crippen LogP contribution in [-0.4, -0.2) is 74.2 Å². The number of aryl methyl sites for hydroxylation is 2. The van der Waals surface area contributed by atoms with Gasteiger partial charge in [0.25, 0.3) is 5.91 Å². The summed E-state index contributed by atoms with van der Waals surface area (Å²) in [6, 6.07) is 17.3. The van der Waals surface area contributed by atoms with E-state index in [0.29, 0.717) is 30.8 Å². The van der Waals surface area contributed by atoms with Crippen LogP contribution >= 0.6 is 0 Å². The molecule has 0 atom stereocenters. The lowest BCUT2D eigenvalue weighted by molar-refractivity contribution is -0.131. The number of amides is 2. The van der Waals surface area contributed by atoms with Gasteiger partial charge in [-0.2, -0.15) is 5.10 Å². The zero-order valence-corrected chi connectivity index (χ0v) is 22.6. The van der Waals surface area contributed by atoms with Gasteiger partial charge in [0, 0.05) is 62.3 Å². The summed E-state index contributed by atoms with van der Waals surface area (Å²) in [5.41, 5.74) is 4.14. The normalized spacial score (nSPS) is 14.3. The SMILES string of the molecule is CN1CCCN(C(=O)CCCc2cn(-c3ccccc3)c(NC(=O)c3cccc(-c4cnn(C)c4)c3)n2)CC1. The van der Waals surface area contributed by atoms with Crippen molar-refractivity contribution in [1.29, 1.82) is 0 Å². The van der Waals surface area contributed by atoms with Gasteiger partial charge in [-0.1, -0.05) is 30.3 Å². The molecule has 0 aliphatic carbocycles. The molecule has 202 valence electrons. The van der Waals surface area contributed by atoms with Crippen LogP contribution in [0.15, 0.2) is 73.2 Å². The molecule has 1 N–H and O–H groups in total. The molecule has 3 heterocycles. The minimum absolute atomic E-state index is 0.204. The van der Waals surface area contributed by atoms with E-state index < -0.39 is 0 Å². The predicted molar refractivity (Wildman–Crippen MR) is 152 cm³/mol. The highest BCUT2D eigenvalue weighted by Crippen LogP contribution is 2.22. The van der Waals surface area contributed by atoms with Gasteiger partial charge >= 0.3 is 0 Å². The zero-order chi connectivity index (χ0) is 27.2. The van der Waals surface area contributed by atoms with Crippen LogP contribution in [0, 0.1) is 0 Å². The number of imidazole rings is 1. The maximum Gasteiger partial charge on any atom is 0.258 e. The Morgan fingerprint density at radius 2 is 1.77 bits per heavy atom. The lowest BCUT2D eigenvalue weighted by atomic mass is 10.1. The van der Waals surface area contributed by atoms with Gasteiger partial charge in [0.2, 0.25) is 11.9 Å². The molecular weight excluding hydrogens is 490 g/mol. The van der Waals surface area contributed by atoms with Gasteiger partial charge in [0.05, 0.1) is 11.9 Å². The number of benzene rings is 2. The minimum Gasteiger partial charge on any atom is -0.341 e. The highest BCUT2D eigenvalue weighted by Gasteiger charge is 2.18. The second-order valence-corrected chi connectivity index (χ2v) is 10.1. The highest BCUT2D eigenvalue weighted by molar-refractivity contribution is 6.04. The van der Waals surface area contributed by atoms with Gasteiger partial charge in [-0.05, 0) is 62.7 Å². The van der Waals surface area contributed by atoms with Crippen molar-refractivity contribution in [3.05, 3.63) is 84.4 Å². The van der Waals surface area contributed by atoms with Crippen molar-refractivity contribution < 1.29 is 9.59 Å². The van der Waals surface area contributed by atoms with E-state index in [1.54, 1.807) is 16.9 Å². The van der Waals surface area contributed by atoms with E-state index in [1.165, 1.54) is 0 Å². The number of para-hydroxylation sites is 1. The molecule has 2 aromatic heterocycles. The van der Waals surface area contributed by atoms with Crippen LogP contribution in [0.1, 0.15) is 35.3 Å². The molecule has 0 bridgehead atoms. The Morgan fingerprint density at radius 3 is 2.56 bits per heavy atom. The third-order valence-electron chi connectivity index (χ3n) is 7.07. The molecule has 9 heteroatoms. The quantitative estimate of drug-likeness (QED) is 0.376. The third kappa shape index (κ3) is 6.61. The Hall–Kier alpha value is -4.24. The summed E-state index contributed by atoms with van der Waals surface area (Å²) in [7, 11) is 3.97. The number of nitrogens with one attached hydrogen (secondary N) is 1. The number of carbonyl (C=O) groups is 2. The molecule has 2 amide bonds. The van der Waals surface area contributed by atoms with Crippen molar-refractivity contribution in [2.24, 2.45) is 7.05 Å². The van der Waals surface area contributed by atoms with Gasteiger partial charge in [-0.25, -0.2) is 4.98 Å². The first-order valence-corrected chi connectivity index (χ1v) is 13.5. The third-order valence-corrected chi connectivity index (χ3v) is 7.07. The average molecular weight is 526 g/mol. The molecule has 1 aliphatic heterocycles. The Bertz CT molecular complexity index is 1430. The lowest BCUT2D eigenvalue weighted by Crippen LogP contribution is -2.34. The number of hydrogen-bond donors (Lipinski definition) is 1. The first-order chi connectivity index (χ1) is 19.0. The smallest absolute Gasteiger partial charge is 0.258 e. The van der Waals surface area contributed by atoms with Crippen molar-refractivity contribution in [2.75, 3.05) is 38.5 Å². The van der Waals surface area contributed by atoms with Gasteiger partial charge in [0.1, 0.15) is 0 Å². The number of anilines is 1. The van der Waals surface area contributed by atoms with E-state index in [9.17, 15) is 9.59 Å². The number of hydrogen-bond acceptors (Lipinski definition) is 5. The van der Waals surface area contributed by atoms with Gasteiger partial charge in [-0.15, -0.1) is 0 Å². The van der Waals surface area contributed by atoms with Gasteiger partial charge in [-0.3, -0.25) is 24.2 Å². The average Bonchev–Trinajstić information content (AvgIpc) is 3.50. The Balaban J connectivity index is 1.29. The van der Waals surface area contributed by atoms with Gasteiger partial charge < -0.3 is 9.80 Å². The van der Waals surface area contributed by atoms with Crippen molar-refractivity contribution in [3.63, 3.8) is 0 Å². The molecular formula is C30H35N7O2. The fraction of sp³-hybridized carbons (Fsp3) is 0.333. The van der Waals surface area contributed by atoms with Crippen molar-refractivity contribution in [3.8, 4) is 16.8 Å². The second kappa shape index (κ2) is 12.1. The fourth-order valence-electron chi connectivity index (χ4n) is 4.88. The molecule has 2 aromatic carbocycles. The number of nitrogens with zero attached hydrogens (tertiary/aromatic N) is 6. The topological polar surface area (TPSA) is 88.3 Å². The number of carbonyl (C=O) groups excluding carboxylic acids is 2. The van der Waals surface area contributed by atoms with Crippen LogP contribution in [0.5, 0.6) is 0 Å². The summed E-state index contributed by atoms with van der Waals surface area (Å²) < 4.78 is 3.63. The highest BCUT2D eigenvalue weighted by atomic mass is 16.2. The molecule has 39 heavy (non-hydrogen) atoms. The summed E-state index contributed by atoms with van der Waals surface area (Å²) in [6.45, 7) is 3.56. The largest absolute Gasteiger partial charge is 0.341 e. The predicted octanol–water partition coefficient (Wildman–Crippen LogP) is 4.01. The molecule has 0 radical (unpaired) electrons.